The first-order chi connectivity index (χ1) is 17.0. The highest BCUT2D eigenvalue weighted by Crippen LogP contribution is 2.36. The molecule has 2 heterocycles. The average Bonchev–Trinajstić information content (AvgIpc) is 2.86. The van der Waals surface area contributed by atoms with E-state index in [-0.39, 0.29) is 0 Å². The topological polar surface area (TPSA) is 86.9 Å². The van der Waals surface area contributed by atoms with Crippen molar-refractivity contribution >= 4 is 44.8 Å². The predicted octanol–water partition coefficient (Wildman–Crippen LogP) is 4.58. The van der Waals surface area contributed by atoms with E-state index in [0.29, 0.717) is 23.9 Å². The molecule has 7 nitrogen and oxygen atoms in total. The van der Waals surface area contributed by atoms with Crippen LogP contribution in [-0.2, 0) is 6.54 Å². The number of aromatic hydroxyl groups is 1. The summed E-state index contributed by atoms with van der Waals surface area (Å²) in [5, 5.41) is 16.7. The molecule has 8 heteroatoms. The van der Waals surface area contributed by atoms with E-state index in [4.69, 9.17) is 27.1 Å². The van der Waals surface area contributed by atoms with Gasteiger partial charge >= 0.3 is 0 Å². The summed E-state index contributed by atoms with van der Waals surface area (Å²) in [4.78, 5) is 9.56. The molecule has 0 amide bonds. The number of pyridine rings is 1. The zero-order valence-corrected chi connectivity index (χ0v) is 20.6. The second-order valence-electron chi connectivity index (χ2n) is 8.91. The maximum Gasteiger partial charge on any atom is 0.120 e. The molecule has 0 unspecified atom stereocenters. The molecule has 4 N–H and O–H groups in total. The maximum absolute atomic E-state index is 10.6. The summed E-state index contributed by atoms with van der Waals surface area (Å²) in [5.41, 5.74) is 10.1. The molecule has 3 aromatic carbocycles. The standard InChI is InChI=1S/C27H30ClN5O2/c1-35-21-4-6-24-23(16-21)27(22-5-2-19(28)15-25(22)31-24)30-20-3-7-26(34)18(14-20)17-33-12-10-32(9-8-29)11-13-33/h2-7,14-16,34H,8-13,17,29H2,1H3,(H,30,31). The highest BCUT2D eigenvalue weighted by molar-refractivity contribution is 6.31. The number of fused-ring (bicyclic) bond motifs is 2. The van der Waals surface area contributed by atoms with Crippen LogP contribution in [0.1, 0.15) is 5.56 Å². The molecule has 0 bridgehead atoms. The zero-order chi connectivity index (χ0) is 24.4. The summed E-state index contributed by atoms with van der Waals surface area (Å²) < 4.78 is 5.48. The predicted molar refractivity (Wildman–Crippen MR) is 143 cm³/mol. The number of nitrogens with one attached hydrogen (secondary N) is 1. The van der Waals surface area contributed by atoms with Crippen LogP contribution in [0.4, 0.5) is 11.4 Å². The Kier molecular flexibility index (Phi) is 6.92. The van der Waals surface area contributed by atoms with Crippen LogP contribution in [0.25, 0.3) is 21.8 Å². The van der Waals surface area contributed by atoms with Crippen molar-refractivity contribution in [1.82, 2.24) is 14.8 Å². The number of rotatable bonds is 7. The van der Waals surface area contributed by atoms with Crippen LogP contribution in [0.3, 0.4) is 0 Å². The molecule has 182 valence electrons. The number of nitrogens with two attached hydrogens (primary N) is 1. The fourth-order valence-corrected chi connectivity index (χ4v) is 4.85. The largest absolute Gasteiger partial charge is 0.508 e. The van der Waals surface area contributed by atoms with E-state index in [1.54, 1.807) is 13.2 Å². The van der Waals surface area contributed by atoms with Gasteiger partial charge < -0.3 is 20.9 Å². The Morgan fingerprint density at radius 3 is 2.54 bits per heavy atom. The lowest BCUT2D eigenvalue weighted by atomic mass is 10.1. The van der Waals surface area contributed by atoms with E-state index in [2.05, 4.69) is 15.1 Å². The molecule has 1 aromatic heterocycles. The van der Waals surface area contributed by atoms with Gasteiger partial charge in [-0.05, 0) is 54.6 Å². The molecule has 1 aliphatic heterocycles. The van der Waals surface area contributed by atoms with E-state index in [0.717, 1.165) is 77.2 Å². The highest BCUT2D eigenvalue weighted by Gasteiger charge is 2.18. The first kappa shape index (κ1) is 23.6. The first-order valence-electron chi connectivity index (χ1n) is 11.8. The SMILES string of the molecule is COc1ccc2nc3cc(Cl)ccc3c(Nc3ccc(O)c(CN4CCN(CCN)CC4)c3)c2c1. The molecular formula is C27H30ClN5O2. The Balaban J connectivity index is 1.47. The van der Waals surface area contributed by atoms with Crippen LogP contribution in [-0.4, -0.2) is 66.3 Å². The second-order valence-corrected chi connectivity index (χ2v) is 9.34. The quantitative estimate of drug-likeness (QED) is 0.258. The molecule has 1 fully saturated rings. The molecule has 0 radical (unpaired) electrons. The van der Waals surface area contributed by atoms with Crippen LogP contribution in [0.2, 0.25) is 5.02 Å². The van der Waals surface area contributed by atoms with Crippen molar-refractivity contribution < 1.29 is 9.84 Å². The number of halogens is 1. The van der Waals surface area contributed by atoms with Crippen LogP contribution in [0.5, 0.6) is 11.5 Å². The minimum Gasteiger partial charge on any atom is -0.508 e. The lowest BCUT2D eigenvalue weighted by Crippen LogP contribution is -2.47. The van der Waals surface area contributed by atoms with Gasteiger partial charge in [0, 0.05) is 72.9 Å². The lowest BCUT2D eigenvalue weighted by molar-refractivity contribution is 0.129. The van der Waals surface area contributed by atoms with Gasteiger partial charge in [0.1, 0.15) is 11.5 Å². The normalized spacial score (nSPS) is 15.1. The van der Waals surface area contributed by atoms with Crippen LogP contribution in [0.15, 0.2) is 54.6 Å². The van der Waals surface area contributed by atoms with Crippen molar-refractivity contribution in [2.75, 3.05) is 51.7 Å². The third-order valence-electron chi connectivity index (χ3n) is 6.60. The number of phenolic OH excluding ortho intramolecular Hbond substituents is 1. The molecule has 0 spiro atoms. The summed E-state index contributed by atoms with van der Waals surface area (Å²) in [6, 6.07) is 17.2. The average molecular weight is 492 g/mol. The summed E-state index contributed by atoms with van der Waals surface area (Å²) >= 11 is 6.27. The Labute approximate surface area is 210 Å². The van der Waals surface area contributed by atoms with Gasteiger partial charge in [-0.2, -0.15) is 0 Å². The third kappa shape index (κ3) is 5.13. The molecule has 1 saturated heterocycles. The Morgan fingerprint density at radius 2 is 1.77 bits per heavy atom. The van der Waals surface area contributed by atoms with E-state index in [1.807, 2.05) is 48.5 Å². The Morgan fingerprint density at radius 1 is 0.971 bits per heavy atom. The second kappa shape index (κ2) is 10.3. The van der Waals surface area contributed by atoms with Gasteiger partial charge in [-0.3, -0.25) is 9.80 Å². The summed E-state index contributed by atoms with van der Waals surface area (Å²) in [6.07, 6.45) is 0. The van der Waals surface area contributed by atoms with Crippen LogP contribution in [0, 0.1) is 0 Å². The minimum atomic E-state index is 0.304. The van der Waals surface area contributed by atoms with Crippen molar-refractivity contribution in [3.8, 4) is 11.5 Å². The fraction of sp³-hybridized carbons (Fsp3) is 0.296. The first-order valence-corrected chi connectivity index (χ1v) is 12.2. The van der Waals surface area contributed by atoms with E-state index >= 15 is 0 Å². The number of ether oxygens (including phenoxy) is 1. The van der Waals surface area contributed by atoms with Gasteiger partial charge in [0.05, 0.1) is 23.8 Å². The van der Waals surface area contributed by atoms with Gasteiger partial charge in [0.15, 0.2) is 0 Å². The zero-order valence-electron chi connectivity index (χ0n) is 19.8. The number of phenols is 1. The Hall–Kier alpha value is -3.10. The number of hydrogen-bond acceptors (Lipinski definition) is 7. The van der Waals surface area contributed by atoms with E-state index in [9.17, 15) is 5.11 Å². The van der Waals surface area contributed by atoms with Crippen molar-refractivity contribution in [2.24, 2.45) is 5.73 Å². The highest BCUT2D eigenvalue weighted by atomic mass is 35.5. The van der Waals surface area contributed by atoms with Gasteiger partial charge in [-0.25, -0.2) is 4.98 Å². The van der Waals surface area contributed by atoms with Gasteiger partial charge in [-0.1, -0.05) is 11.6 Å². The van der Waals surface area contributed by atoms with Crippen molar-refractivity contribution in [3.05, 3.63) is 65.2 Å². The molecule has 0 aliphatic carbocycles. The number of aromatic nitrogens is 1. The number of anilines is 2. The molecule has 1 aliphatic rings. The van der Waals surface area contributed by atoms with Gasteiger partial charge in [-0.15, -0.1) is 0 Å². The van der Waals surface area contributed by atoms with Crippen molar-refractivity contribution in [2.45, 2.75) is 6.54 Å². The number of hydrogen-bond donors (Lipinski definition) is 3. The number of benzene rings is 3. The van der Waals surface area contributed by atoms with Crippen molar-refractivity contribution in [3.63, 3.8) is 0 Å². The van der Waals surface area contributed by atoms with Gasteiger partial charge in [0.2, 0.25) is 0 Å². The van der Waals surface area contributed by atoms with Crippen molar-refractivity contribution in [1.29, 1.82) is 0 Å². The molecule has 5 rings (SSSR count). The number of methoxy groups -OCH3 is 1. The minimum absolute atomic E-state index is 0.304. The monoisotopic (exact) mass is 491 g/mol. The third-order valence-corrected chi connectivity index (χ3v) is 6.83. The lowest BCUT2D eigenvalue weighted by Gasteiger charge is -2.34. The van der Waals surface area contributed by atoms with E-state index in [1.165, 1.54) is 0 Å². The number of piperazine rings is 1. The number of nitrogens with zero attached hydrogens (tertiary/aromatic N) is 3. The Bertz CT molecular complexity index is 1350. The van der Waals surface area contributed by atoms with Crippen LogP contribution < -0.4 is 15.8 Å². The van der Waals surface area contributed by atoms with Gasteiger partial charge in [0.25, 0.3) is 0 Å². The molecule has 0 saturated carbocycles. The van der Waals surface area contributed by atoms with Crippen LogP contribution >= 0.6 is 11.6 Å². The molecular weight excluding hydrogens is 462 g/mol. The fourth-order valence-electron chi connectivity index (χ4n) is 4.69. The summed E-state index contributed by atoms with van der Waals surface area (Å²) in [7, 11) is 1.66. The summed E-state index contributed by atoms with van der Waals surface area (Å²) in [6.45, 7) is 6.21. The maximum atomic E-state index is 10.6. The van der Waals surface area contributed by atoms with E-state index < -0.39 is 0 Å². The summed E-state index contributed by atoms with van der Waals surface area (Å²) in [5.74, 6) is 1.06. The molecule has 4 aromatic rings. The smallest absolute Gasteiger partial charge is 0.120 e. The molecule has 35 heavy (non-hydrogen) atoms. The molecule has 0 atom stereocenters.